The van der Waals surface area contributed by atoms with Crippen molar-refractivity contribution in [3.8, 4) is 22.8 Å². The quantitative estimate of drug-likeness (QED) is 0.761. The monoisotopic (exact) mass is 372 g/mol. The number of ether oxygens (including phenoxy) is 2. The second-order valence-corrected chi connectivity index (χ2v) is 5.85. The van der Waals surface area contributed by atoms with Crippen molar-refractivity contribution in [3.05, 3.63) is 65.4 Å². The normalized spacial score (nSPS) is 12.7. The Morgan fingerprint density at radius 1 is 1.00 bits per heavy atom. The second-order valence-electron chi connectivity index (χ2n) is 5.85. The zero-order chi connectivity index (χ0) is 18.8. The Bertz CT molecular complexity index is 1000. The molecule has 0 saturated heterocycles. The molecule has 1 aliphatic heterocycles. The third-order valence-electron chi connectivity index (χ3n) is 4.00. The van der Waals surface area contributed by atoms with E-state index in [1.165, 1.54) is 6.07 Å². The van der Waals surface area contributed by atoms with E-state index in [0.29, 0.717) is 36.2 Å². The summed E-state index contributed by atoms with van der Waals surface area (Å²) in [6, 6.07) is 10.0. The maximum atomic E-state index is 13.2. The molecular weight excluding hydrogens is 358 g/mol. The van der Waals surface area contributed by atoms with Crippen LogP contribution in [-0.2, 0) is 6.54 Å². The Hall–Kier alpha value is -3.42. The van der Waals surface area contributed by atoms with E-state index in [1.54, 1.807) is 18.2 Å². The average Bonchev–Trinajstić information content (AvgIpc) is 3.17. The number of benzene rings is 2. The molecule has 1 aliphatic rings. The van der Waals surface area contributed by atoms with Gasteiger partial charge in [-0.15, -0.1) is 0 Å². The Labute approximate surface area is 152 Å². The third-order valence-corrected chi connectivity index (χ3v) is 4.00. The first-order valence-corrected chi connectivity index (χ1v) is 8.19. The first-order valence-electron chi connectivity index (χ1n) is 8.19. The van der Waals surface area contributed by atoms with Gasteiger partial charge in [0.15, 0.2) is 28.9 Å². The number of amides is 1. The van der Waals surface area contributed by atoms with Crippen LogP contribution in [0.15, 0.2) is 47.0 Å². The number of nitrogens with zero attached hydrogens (tertiary/aromatic N) is 1. The van der Waals surface area contributed by atoms with E-state index in [0.717, 1.165) is 17.7 Å². The van der Waals surface area contributed by atoms with Gasteiger partial charge in [0.2, 0.25) is 0 Å². The van der Waals surface area contributed by atoms with E-state index < -0.39 is 17.5 Å². The lowest BCUT2D eigenvalue weighted by molar-refractivity contribution is 0.0949. The van der Waals surface area contributed by atoms with E-state index >= 15 is 0 Å². The predicted molar refractivity (Wildman–Crippen MR) is 90.5 cm³/mol. The second kappa shape index (κ2) is 7.06. The van der Waals surface area contributed by atoms with Gasteiger partial charge < -0.3 is 19.3 Å². The Balaban J connectivity index is 1.43. The van der Waals surface area contributed by atoms with Crippen LogP contribution in [0.25, 0.3) is 11.3 Å². The molecule has 2 aromatic carbocycles. The highest BCUT2D eigenvalue weighted by Crippen LogP contribution is 2.34. The number of carbonyl (C=O) groups is 1. The van der Waals surface area contributed by atoms with Crippen molar-refractivity contribution >= 4 is 5.91 Å². The topological polar surface area (TPSA) is 73.6 Å². The fourth-order valence-electron chi connectivity index (χ4n) is 2.64. The summed E-state index contributed by atoms with van der Waals surface area (Å²) in [5.74, 6) is -0.828. The summed E-state index contributed by atoms with van der Waals surface area (Å²) < 4.78 is 42.5. The zero-order valence-electron chi connectivity index (χ0n) is 14.0. The fourth-order valence-corrected chi connectivity index (χ4v) is 2.64. The van der Waals surface area contributed by atoms with E-state index in [2.05, 4.69) is 10.5 Å². The van der Waals surface area contributed by atoms with Crippen molar-refractivity contribution in [1.82, 2.24) is 10.5 Å². The average molecular weight is 372 g/mol. The molecule has 0 fully saturated rings. The Morgan fingerprint density at radius 2 is 1.81 bits per heavy atom. The predicted octanol–water partition coefficient (Wildman–Crippen LogP) is 3.32. The molecule has 6 nitrogen and oxygen atoms in total. The Morgan fingerprint density at radius 3 is 2.63 bits per heavy atom. The molecule has 0 unspecified atom stereocenters. The number of nitrogens with one attached hydrogen (secondary N) is 1. The molecule has 27 heavy (non-hydrogen) atoms. The van der Waals surface area contributed by atoms with Crippen molar-refractivity contribution in [2.24, 2.45) is 0 Å². The van der Waals surface area contributed by atoms with Gasteiger partial charge in [-0.2, -0.15) is 0 Å². The van der Waals surface area contributed by atoms with Crippen molar-refractivity contribution < 1.29 is 27.6 Å². The van der Waals surface area contributed by atoms with Crippen LogP contribution in [0, 0.1) is 11.6 Å². The minimum Gasteiger partial charge on any atom is -0.486 e. The number of halogens is 2. The van der Waals surface area contributed by atoms with Gasteiger partial charge >= 0.3 is 0 Å². The molecule has 1 aromatic heterocycles. The van der Waals surface area contributed by atoms with Crippen LogP contribution in [0.5, 0.6) is 11.5 Å². The number of rotatable bonds is 4. The van der Waals surface area contributed by atoms with Gasteiger partial charge in [-0.25, -0.2) is 8.78 Å². The number of fused-ring (bicyclic) bond motifs is 1. The van der Waals surface area contributed by atoms with Crippen LogP contribution < -0.4 is 14.8 Å². The first kappa shape index (κ1) is 17.0. The molecule has 4 rings (SSSR count). The van der Waals surface area contributed by atoms with Gasteiger partial charge in [-0.05, 0) is 36.4 Å². The summed E-state index contributed by atoms with van der Waals surface area (Å²) in [4.78, 5) is 12.0. The molecule has 0 spiro atoms. The van der Waals surface area contributed by atoms with Crippen LogP contribution in [0.2, 0.25) is 0 Å². The third kappa shape index (κ3) is 3.59. The van der Waals surface area contributed by atoms with E-state index in [4.69, 9.17) is 14.0 Å². The van der Waals surface area contributed by atoms with Gasteiger partial charge in [0.05, 0.1) is 6.54 Å². The minimum atomic E-state index is -1.08. The molecule has 0 saturated carbocycles. The molecular formula is C19H14F2N2O4. The van der Waals surface area contributed by atoms with Gasteiger partial charge in [-0.1, -0.05) is 5.16 Å². The van der Waals surface area contributed by atoms with Crippen molar-refractivity contribution in [1.29, 1.82) is 0 Å². The lowest BCUT2D eigenvalue weighted by atomic mass is 10.1. The van der Waals surface area contributed by atoms with Crippen LogP contribution in [0.1, 0.15) is 16.1 Å². The van der Waals surface area contributed by atoms with Crippen LogP contribution in [0.3, 0.4) is 0 Å². The lowest BCUT2D eigenvalue weighted by Gasteiger charge is -2.18. The lowest BCUT2D eigenvalue weighted by Crippen LogP contribution is -2.23. The first-order chi connectivity index (χ1) is 13.1. The van der Waals surface area contributed by atoms with Crippen LogP contribution >= 0.6 is 0 Å². The van der Waals surface area contributed by atoms with Crippen molar-refractivity contribution in [2.75, 3.05) is 13.2 Å². The summed E-state index contributed by atoms with van der Waals surface area (Å²) in [5, 5.41) is 6.49. The van der Waals surface area contributed by atoms with Crippen LogP contribution in [-0.4, -0.2) is 24.3 Å². The molecule has 3 aromatic rings. The van der Waals surface area contributed by atoms with Gasteiger partial charge in [0.1, 0.15) is 18.9 Å². The zero-order valence-corrected chi connectivity index (χ0v) is 14.0. The molecule has 0 atom stereocenters. The highest BCUT2D eigenvalue weighted by atomic mass is 19.2. The number of hydrogen-bond donors (Lipinski definition) is 1. The van der Waals surface area contributed by atoms with E-state index in [-0.39, 0.29) is 12.1 Å². The Kier molecular flexibility index (Phi) is 4.45. The van der Waals surface area contributed by atoms with Crippen LogP contribution in [0.4, 0.5) is 8.78 Å². The molecule has 1 amide bonds. The van der Waals surface area contributed by atoms with Gasteiger partial charge in [0, 0.05) is 17.2 Å². The van der Waals surface area contributed by atoms with Crippen molar-refractivity contribution in [3.63, 3.8) is 0 Å². The number of hydrogen-bond acceptors (Lipinski definition) is 5. The van der Waals surface area contributed by atoms with Gasteiger partial charge in [-0.3, -0.25) is 4.79 Å². The molecule has 1 N–H and O–H groups in total. The molecule has 0 aliphatic carbocycles. The summed E-state index contributed by atoms with van der Waals surface area (Å²) in [5.41, 5.74) is 1.25. The van der Waals surface area contributed by atoms with E-state index in [1.807, 2.05) is 6.07 Å². The standard InChI is InChI=1S/C19H14F2N2O4/c20-14-3-1-12(7-15(14)21)19(24)22-10-13-9-17(27-23-13)11-2-4-16-18(8-11)26-6-5-25-16/h1-4,7-9H,5-6,10H2,(H,22,24). The maximum Gasteiger partial charge on any atom is 0.251 e. The molecule has 8 heteroatoms. The number of carbonyl (C=O) groups excluding carboxylic acids is 1. The minimum absolute atomic E-state index is 0.0180. The molecule has 0 radical (unpaired) electrons. The van der Waals surface area contributed by atoms with Crippen molar-refractivity contribution in [2.45, 2.75) is 6.54 Å². The summed E-state index contributed by atoms with van der Waals surface area (Å²) >= 11 is 0. The summed E-state index contributed by atoms with van der Waals surface area (Å²) in [6.45, 7) is 1.07. The fraction of sp³-hybridized carbons (Fsp3) is 0.158. The maximum absolute atomic E-state index is 13.2. The highest BCUT2D eigenvalue weighted by Gasteiger charge is 2.15. The summed E-state index contributed by atoms with van der Waals surface area (Å²) in [6.07, 6.45) is 0. The smallest absolute Gasteiger partial charge is 0.251 e. The highest BCUT2D eigenvalue weighted by molar-refractivity contribution is 5.94. The summed E-state index contributed by atoms with van der Waals surface area (Å²) in [7, 11) is 0. The molecule has 2 heterocycles. The van der Waals surface area contributed by atoms with Gasteiger partial charge in [0.25, 0.3) is 5.91 Å². The van der Waals surface area contributed by atoms with E-state index in [9.17, 15) is 13.6 Å². The number of aromatic nitrogens is 1. The SMILES string of the molecule is O=C(NCc1cc(-c2ccc3c(c2)OCCO3)on1)c1ccc(F)c(F)c1. The molecule has 138 valence electrons. The molecule has 0 bridgehead atoms. The largest absolute Gasteiger partial charge is 0.486 e.